The molecule has 0 spiro atoms. The number of nitrogens with zero attached hydrogens (tertiary/aromatic N) is 1. The second-order valence-corrected chi connectivity index (χ2v) is 7.23. The van der Waals surface area contributed by atoms with Gasteiger partial charge in [0.15, 0.2) is 0 Å². The molecule has 0 unspecified atom stereocenters. The zero-order valence-electron chi connectivity index (χ0n) is 16.3. The first-order chi connectivity index (χ1) is 12.4. The van der Waals surface area contributed by atoms with Gasteiger partial charge in [-0.05, 0) is 65.5 Å². The summed E-state index contributed by atoms with van der Waals surface area (Å²) in [6, 6.07) is 7.02. The van der Waals surface area contributed by atoms with E-state index in [1.807, 2.05) is 6.08 Å². The van der Waals surface area contributed by atoms with Crippen molar-refractivity contribution >= 4 is 11.8 Å². The molecule has 2 rings (SSSR count). The number of hydrogen-bond acceptors (Lipinski definition) is 2. The summed E-state index contributed by atoms with van der Waals surface area (Å²) in [5, 5.41) is 0. The van der Waals surface area contributed by atoms with E-state index in [1.165, 1.54) is 21.6 Å². The minimum atomic E-state index is -0.190. The Morgan fingerprint density at radius 1 is 0.808 bits per heavy atom. The zero-order valence-corrected chi connectivity index (χ0v) is 16.3. The van der Waals surface area contributed by atoms with Gasteiger partial charge in [-0.2, -0.15) is 0 Å². The van der Waals surface area contributed by atoms with Crippen LogP contribution in [0.4, 0.5) is 0 Å². The minimum absolute atomic E-state index is 0.190. The van der Waals surface area contributed by atoms with Gasteiger partial charge in [0, 0.05) is 6.54 Å². The number of allylic oxidation sites excluding steroid dienone is 5. The van der Waals surface area contributed by atoms with Crippen molar-refractivity contribution in [1.29, 1.82) is 0 Å². The topological polar surface area (TPSA) is 37.4 Å². The van der Waals surface area contributed by atoms with E-state index in [1.54, 1.807) is 24.3 Å². The van der Waals surface area contributed by atoms with Crippen molar-refractivity contribution in [1.82, 2.24) is 4.90 Å². The van der Waals surface area contributed by atoms with Gasteiger partial charge in [-0.1, -0.05) is 47.1 Å². The number of fused-ring (bicyclic) bond motifs is 1. The summed E-state index contributed by atoms with van der Waals surface area (Å²) in [6.45, 7) is 8.84. The molecule has 2 amide bonds. The van der Waals surface area contributed by atoms with Crippen LogP contribution in [0.3, 0.4) is 0 Å². The first-order valence-corrected chi connectivity index (χ1v) is 9.30. The van der Waals surface area contributed by atoms with Crippen LogP contribution < -0.4 is 0 Å². The van der Waals surface area contributed by atoms with Crippen LogP contribution in [0.2, 0.25) is 0 Å². The molecule has 0 saturated heterocycles. The van der Waals surface area contributed by atoms with E-state index in [2.05, 4.69) is 39.8 Å². The molecule has 1 aliphatic rings. The first kappa shape index (κ1) is 19.9. The van der Waals surface area contributed by atoms with Gasteiger partial charge in [-0.3, -0.25) is 14.5 Å². The SMILES string of the molecule is CC(C)=CCC/C(C)=C\CC/C(C)=C\CN1C(=O)c2ccccc2C1=O. The molecular weight excluding hydrogens is 322 g/mol. The van der Waals surface area contributed by atoms with Gasteiger partial charge in [0.05, 0.1) is 11.1 Å². The number of imide groups is 1. The molecule has 138 valence electrons. The lowest BCUT2D eigenvalue weighted by Gasteiger charge is -2.11. The molecule has 0 N–H and O–H groups in total. The van der Waals surface area contributed by atoms with E-state index in [-0.39, 0.29) is 11.8 Å². The highest BCUT2D eigenvalue weighted by Gasteiger charge is 2.34. The van der Waals surface area contributed by atoms with Crippen LogP contribution in [0.5, 0.6) is 0 Å². The molecule has 1 aromatic carbocycles. The van der Waals surface area contributed by atoms with Crippen molar-refractivity contribution in [3.63, 3.8) is 0 Å². The highest BCUT2D eigenvalue weighted by molar-refractivity contribution is 6.21. The van der Waals surface area contributed by atoms with E-state index in [4.69, 9.17) is 0 Å². The molecule has 26 heavy (non-hydrogen) atoms. The lowest BCUT2D eigenvalue weighted by Crippen LogP contribution is -2.29. The fraction of sp³-hybridized carbons (Fsp3) is 0.391. The van der Waals surface area contributed by atoms with Crippen LogP contribution >= 0.6 is 0 Å². The van der Waals surface area contributed by atoms with E-state index < -0.39 is 0 Å². The van der Waals surface area contributed by atoms with Gasteiger partial charge in [0.25, 0.3) is 11.8 Å². The maximum absolute atomic E-state index is 12.3. The molecule has 0 fully saturated rings. The number of carbonyl (C=O) groups is 2. The van der Waals surface area contributed by atoms with Crippen molar-refractivity contribution < 1.29 is 9.59 Å². The minimum Gasteiger partial charge on any atom is -0.270 e. The molecule has 0 bridgehead atoms. The van der Waals surface area contributed by atoms with Crippen LogP contribution in [0.25, 0.3) is 0 Å². The maximum Gasteiger partial charge on any atom is 0.261 e. The Kier molecular flexibility index (Phi) is 7.14. The fourth-order valence-electron chi connectivity index (χ4n) is 2.99. The number of hydrogen-bond donors (Lipinski definition) is 0. The van der Waals surface area contributed by atoms with E-state index in [9.17, 15) is 9.59 Å². The summed E-state index contributed by atoms with van der Waals surface area (Å²) in [6.07, 6.45) is 10.7. The number of carbonyl (C=O) groups excluding carboxylic acids is 2. The molecular formula is C23H29NO2. The summed E-state index contributed by atoms with van der Waals surface area (Å²) < 4.78 is 0. The second kappa shape index (κ2) is 9.33. The quantitative estimate of drug-likeness (QED) is 0.445. The Labute approximate surface area is 157 Å². The van der Waals surface area contributed by atoms with Gasteiger partial charge in [-0.15, -0.1) is 0 Å². The summed E-state index contributed by atoms with van der Waals surface area (Å²) in [5.74, 6) is -0.380. The zero-order chi connectivity index (χ0) is 19.1. The van der Waals surface area contributed by atoms with Gasteiger partial charge in [-0.25, -0.2) is 0 Å². The Morgan fingerprint density at radius 3 is 1.85 bits per heavy atom. The van der Waals surface area contributed by atoms with Crippen LogP contribution in [0.15, 0.2) is 59.2 Å². The van der Waals surface area contributed by atoms with Crippen molar-refractivity contribution in [2.75, 3.05) is 6.54 Å². The molecule has 3 heteroatoms. The van der Waals surface area contributed by atoms with Crippen LogP contribution in [-0.2, 0) is 0 Å². The van der Waals surface area contributed by atoms with Crippen molar-refractivity contribution in [2.45, 2.75) is 53.4 Å². The highest BCUT2D eigenvalue weighted by atomic mass is 16.2. The number of benzene rings is 1. The average molecular weight is 351 g/mol. The first-order valence-electron chi connectivity index (χ1n) is 9.30. The van der Waals surface area contributed by atoms with Crippen LogP contribution in [-0.4, -0.2) is 23.3 Å². The van der Waals surface area contributed by atoms with Crippen molar-refractivity contribution in [3.8, 4) is 0 Å². The number of amides is 2. The van der Waals surface area contributed by atoms with Gasteiger partial charge in [0.1, 0.15) is 0 Å². The summed E-state index contributed by atoms with van der Waals surface area (Å²) in [4.78, 5) is 26.0. The molecule has 1 aliphatic heterocycles. The van der Waals surface area contributed by atoms with Gasteiger partial charge >= 0.3 is 0 Å². The fourth-order valence-corrected chi connectivity index (χ4v) is 2.99. The summed E-state index contributed by atoms with van der Waals surface area (Å²) in [5.41, 5.74) is 5.01. The largest absolute Gasteiger partial charge is 0.270 e. The predicted octanol–water partition coefficient (Wildman–Crippen LogP) is 5.70. The third-order valence-corrected chi connectivity index (χ3v) is 4.62. The lowest BCUT2D eigenvalue weighted by molar-refractivity contribution is 0.0671. The molecule has 3 nitrogen and oxygen atoms in total. The Morgan fingerprint density at radius 2 is 1.31 bits per heavy atom. The monoisotopic (exact) mass is 351 g/mol. The Hall–Kier alpha value is -2.42. The second-order valence-electron chi connectivity index (χ2n) is 7.23. The predicted molar refractivity (Wildman–Crippen MR) is 107 cm³/mol. The standard InChI is InChI=1S/C23H29NO2/c1-17(2)9-7-10-18(3)11-8-12-19(4)15-16-24-22(25)20-13-5-6-14-21(20)23(24)26/h5-6,9,11,13-15H,7-8,10,12,16H2,1-4H3/b18-11-,19-15-. The molecule has 0 aliphatic carbocycles. The number of rotatable bonds is 8. The third kappa shape index (κ3) is 5.29. The maximum atomic E-state index is 12.3. The Bertz CT molecular complexity index is 729. The molecule has 1 heterocycles. The van der Waals surface area contributed by atoms with E-state index in [0.29, 0.717) is 17.7 Å². The van der Waals surface area contributed by atoms with Crippen LogP contribution in [0, 0.1) is 0 Å². The van der Waals surface area contributed by atoms with Crippen molar-refractivity contribution in [2.24, 2.45) is 0 Å². The molecule has 1 aromatic rings. The third-order valence-electron chi connectivity index (χ3n) is 4.62. The highest BCUT2D eigenvalue weighted by Crippen LogP contribution is 2.22. The van der Waals surface area contributed by atoms with E-state index in [0.717, 1.165) is 25.7 Å². The normalized spacial score (nSPS) is 14.7. The summed E-state index contributed by atoms with van der Waals surface area (Å²) >= 11 is 0. The lowest BCUT2D eigenvalue weighted by atomic mass is 10.1. The smallest absolute Gasteiger partial charge is 0.261 e. The Balaban J connectivity index is 1.83. The summed E-state index contributed by atoms with van der Waals surface area (Å²) in [7, 11) is 0. The van der Waals surface area contributed by atoms with E-state index >= 15 is 0 Å². The molecule has 0 aromatic heterocycles. The van der Waals surface area contributed by atoms with Crippen LogP contribution in [0.1, 0.15) is 74.1 Å². The van der Waals surface area contributed by atoms with Gasteiger partial charge in [0.2, 0.25) is 0 Å². The molecule has 0 saturated carbocycles. The average Bonchev–Trinajstić information content (AvgIpc) is 2.84. The molecule has 0 radical (unpaired) electrons. The van der Waals surface area contributed by atoms with Crippen molar-refractivity contribution in [3.05, 3.63) is 70.3 Å². The molecule has 0 atom stereocenters. The van der Waals surface area contributed by atoms with Gasteiger partial charge < -0.3 is 0 Å².